The molecule has 0 N–H and O–H groups in total. The zero-order chi connectivity index (χ0) is 24.9. The lowest BCUT2D eigenvalue weighted by molar-refractivity contribution is -0.118. The number of hydrogen-bond donors (Lipinski definition) is 0. The van der Waals surface area contributed by atoms with Crippen molar-refractivity contribution >= 4 is 44.4 Å². The number of carbonyl (C=O) groups excluding carboxylic acids is 1. The van der Waals surface area contributed by atoms with Gasteiger partial charge in [-0.2, -0.15) is 5.10 Å². The molecule has 0 aliphatic rings. The number of ether oxygens (including phenoxy) is 1. The summed E-state index contributed by atoms with van der Waals surface area (Å²) in [6.45, 7) is 4.67. The molecule has 0 saturated carbocycles. The highest BCUT2D eigenvalue weighted by atomic mass is 32.2. The molecule has 0 bridgehead atoms. The van der Waals surface area contributed by atoms with Crippen LogP contribution in [0.15, 0.2) is 47.4 Å². The number of carbonyl (C=O) groups is 1. The first-order chi connectivity index (χ1) is 16.8. The second kappa shape index (κ2) is 11.2. The number of nitrogens with zero attached hydrogens (tertiary/aromatic N) is 4. The number of methoxy groups -OCH3 is 1. The van der Waals surface area contributed by atoms with Crippen LogP contribution in [0.2, 0.25) is 0 Å². The number of aryl methyl sites for hydroxylation is 2. The van der Waals surface area contributed by atoms with E-state index in [2.05, 4.69) is 10.1 Å². The van der Waals surface area contributed by atoms with Gasteiger partial charge in [0, 0.05) is 29.6 Å². The van der Waals surface area contributed by atoms with E-state index in [0.717, 1.165) is 45.2 Å². The first-order valence-electron chi connectivity index (χ1n) is 11.2. The van der Waals surface area contributed by atoms with Crippen LogP contribution in [-0.4, -0.2) is 40.1 Å². The van der Waals surface area contributed by atoms with Gasteiger partial charge in [0.2, 0.25) is 5.91 Å². The predicted octanol–water partition coefficient (Wildman–Crippen LogP) is 6.00. The molecule has 0 aliphatic heterocycles. The molecule has 2 aromatic heterocycles. The normalized spacial score (nSPS) is 11.2. The van der Waals surface area contributed by atoms with E-state index in [1.807, 2.05) is 48.9 Å². The third-order valence-electron chi connectivity index (χ3n) is 5.44. The van der Waals surface area contributed by atoms with Gasteiger partial charge in [-0.05, 0) is 62.4 Å². The number of benzene rings is 2. The zero-order valence-electron chi connectivity index (χ0n) is 19.8. The molecule has 0 fully saturated rings. The molecule has 4 aromatic rings. The summed E-state index contributed by atoms with van der Waals surface area (Å²) in [5, 5.41) is 4.82. The van der Waals surface area contributed by atoms with Gasteiger partial charge in [0.05, 0.1) is 24.0 Å². The van der Waals surface area contributed by atoms with Crippen molar-refractivity contribution in [3.8, 4) is 5.75 Å². The fraction of sp³-hybridized carbons (Fsp3) is 0.320. The van der Waals surface area contributed by atoms with Crippen molar-refractivity contribution in [2.45, 2.75) is 38.1 Å². The summed E-state index contributed by atoms with van der Waals surface area (Å²) in [5.74, 6) is 0.0608. The Labute approximate surface area is 210 Å². The number of hydrogen-bond acceptors (Lipinski definition) is 6. The van der Waals surface area contributed by atoms with Crippen LogP contribution < -0.4 is 9.64 Å². The largest absolute Gasteiger partial charge is 0.497 e. The van der Waals surface area contributed by atoms with Crippen molar-refractivity contribution in [2.75, 3.05) is 24.3 Å². The quantitative estimate of drug-likeness (QED) is 0.191. The maximum atomic E-state index is 14.3. The van der Waals surface area contributed by atoms with Crippen LogP contribution in [0.5, 0.6) is 5.75 Å². The Morgan fingerprint density at radius 1 is 1.17 bits per heavy atom. The fourth-order valence-corrected chi connectivity index (χ4v) is 5.61. The van der Waals surface area contributed by atoms with E-state index in [-0.39, 0.29) is 11.4 Å². The molecule has 0 spiro atoms. The van der Waals surface area contributed by atoms with E-state index < -0.39 is 11.6 Å². The third-order valence-corrected chi connectivity index (χ3v) is 7.56. The number of thioether (sulfide) groups is 1. The molecule has 35 heavy (non-hydrogen) atoms. The lowest BCUT2D eigenvalue weighted by Gasteiger charge is -2.20. The summed E-state index contributed by atoms with van der Waals surface area (Å²) in [5.41, 5.74) is 1.96. The van der Waals surface area contributed by atoms with Crippen LogP contribution in [0.1, 0.15) is 24.2 Å². The molecule has 0 radical (unpaired) electrons. The van der Waals surface area contributed by atoms with Gasteiger partial charge < -0.3 is 4.74 Å². The number of aromatic nitrogens is 3. The summed E-state index contributed by atoms with van der Waals surface area (Å²) >= 11 is 2.78. The molecule has 0 saturated heterocycles. The van der Waals surface area contributed by atoms with E-state index in [9.17, 15) is 13.6 Å². The van der Waals surface area contributed by atoms with Crippen molar-refractivity contribution in [1.82, 2.24) is 14.8 Å². The van der Waals surface area contributed by atoms with Gasteiger partial charge in [-0.3, -0.25) is 14.4 Å². The number of thiazole rings is 1. The minimum atomic E-state index is -0.732. The van der Waals surface area contributed by atoms with Crippen molar-refractivity contribution in [3.63, 3.8) is 0 Å². The van der Waals surface area contributed by atoms with Gasteiger partial charge in [0.25, 0.3) is 0 Å². The summed E-state index contributed by atoms with van der Waals surface area (Å²) < 4.78 is 35.4. The highest BCUT2D eigenvalue weighted by Gasteiger charge is 2.21. The molecule has 1 amide bonds. The van der Waals surface area contributed by atoms with Crippen LogP contribution in [0, 0.1) is 25.5 Å². The smallest absolute Gasteiger partial charge is 0.228 e. The van der Waals surface area contributed by atoms with E-state index in [4.69, 9.17) is 4.74 Å². The van der Waals surface area contributed by atoms with Gasteiger partial charge >= 0.3 is 0 Å². The Kier molecular flexibility index (Phi) is 8.02. The number of amides is 1. The average molecular weight is 517 g/mol. The Morgan fingerprint density at radius 2 is 1.94 bits per heavy atom. The molecule has 0 unspecified atom stereocenters. The molecular weight excluding hydrogens is 490 g/mol. The van der Waals surface area contributed by atoms with Crippen LogP contribution in [0.3, 0.4) is 0 Å². The Bertz CT molecular complexity index is 1320. The minimum Gasteiger partial charge on any atom is -0.497 e. The van der Waals surface area contributed by atoms with Crippen molar-refractivity contribution < 1.29 is 18.3 Å². The van der Waals surface area contributed by atoms with Crippen molar-refractivity contribution in [2.24, 2.45) is 0 Å². The van der Waals surface area contributed by atoms with Gasteiger partial charge in [-0.15, -0.1) is 11.8 Å². The molecule has 2 heterocycles. The van der Waals surface area contributed by atoms with Gasteiger partial charge in [0.1, 0.15) is 17.1 Å². The maximum absolute atomic E-state index is 14.3. The van der Waals surface area contributed by atoms with Gasteiger partial charge in [-0.25, -0.2) is 13.8 Å². The number of halogens is 2. The highest BCUT2D eigenvalue weighted by molar-refractivity contribution is 7.99. The summed E-state index contributed by atoms with van der Waals surface area (Å²) in [4.78, 5) is 20.3. The fourth-order valence-electron chi connectivity index (χ4n) is 3.70. The van der Waals surface area contributed by atoms with Gasteiger partial charge in [0.15, 0.2) is 10.9 Å². The highest BCUT2D eigenvalue weighted by Crippen LogP contribution is 2.32. The Balaban J connectivity index is 1.46. The first-order valence-corrected chi connectivity index (χ1v) is 13.0. The number of anilines is 1. The number of rotatable bonds is 10. The average Bonchev–Trinajstić information content (AvgIpc) is 3.39. The Hall–Kier alpha value is -2.98. The molecule has 6 nitrogen and oxygen atoms in total. The predicted molar refractivity (Wildman–Crippen MR) is 137 cm³/mol. The topological polar surface area (TPSA) is 60.2 Å². The Morgan fingerprint density at radius 3 is 2.63 bits per heavy atom. The summed E-state index contributed by atoms with van der Waals surface area (Å²) in [6.07, 6.45) is 0.979. The van der Waals surface area contributed by atoms with Crippen molar-refractivity contribution in [1.29, 1.82) is 0 Å². The van der Waals surface area contributed by atoms with Crippen LogP contribution >= 0.6 is 23.1 Å². The van der Waals surface area contributed by atoms with Gasteiger partial charge in [-0.1, -0.05) is 11.3 Å². The standard InChI is InChI=1S/C25H26F2N4O2S2/c1-16-13-17(2)31(29-16)11-10-30(25-28-24-21(27)14-18(26)15-22(24)35-25)23(32)5-4-12-34-20-8-6-19(33-3)7-9-20/h6-9,13-15H,4-5,10-12H2,1-3H3. The molecule has 10 heteroatoms. The zero-order valence-corrected chi connectivity index (χ0v) is 21.4. The van der Waals surface area contributed by atoms with Crippen LogP contribution in [0.4, 0.5) is 13.9 Å². The van der Waals surface area contributed by atoms with E-state index in [0.29, 0.717) is 35.8 Å². The molecule has 0 aliphatic carbocycles. The lowest BCUT2D eigenvalue weighted by Crippen LogP contribution is -2.34. The molecule has 184 valence electrons. The molecule has 0 atom stereocenters. The van der Waals surface area contributed by atoms with E-state index >= 15 is 0 Å². The van der Waals surface area contributed by atoms with Crippen molar-refractivity contribution in [3.05, 3.63) is 65.5 Å². The third kappa shape index (κ3) is 6.18. The second-order valence-electron chi connectivity index (χ2n) is 8.05. The maximum Gasteiger partial charge on any atom is 0.228 e. The SMILES string of the molecule is COc1ccc(SCCCC(=O)N(CCn2nc(C)cc2C)c2nc3c(F)cc(F)cc3s2)cc1. The molecule has 2 aromatic carbocycles. The second-order valence-corrected chi connectivity index (χ2v) is 10.2. The molecular formula is C25H26F2N4O2S2. The summed E-state index contributed by atoms with van der Waals surface area (Å²) in [7, 11) is 1.63. The summed E-state index contributed by atoms with van der Waals surface area (Å²) in [6, 6.07) is 11.8. The first kappa shape index (κ1) is 25.1. The van der Waals surface area contributed by atoms with E-state index in [1.54, 1.807) is 23.8 Å². The van der Waals surface area contributed by atoms with Crippen LogP contribution in [-0.2, 0) is 11.3 Å². The van der Waals surface area contributed by atoms with Crippen LogP contribution in [0.25, 0.3) is 10.2 Å². The lowest BCUT2D eigenvalue weighted by atomic mass is 10.3. The minimum absolute atomic E-state index is 0.0744. The van der Waals surface area contributed by atoms with E-state index in [1.165, 1.54) is 6.07 Å². The monoisotopic (exact) mass is 516 g/mol. The molecule has 4 rings (SSSR count). The number of fused-ring (bicyclic) bond motifs is 1.